The Balaban J connectivity index is 3.39. The number of esters is 2. The lowest BCUT2D eigenvalue weighted by molar-refractivity contribution is -0.150. The van der Waals surface area contributed by atoms with Crippen molar-refractivity contribution >= 4 is 11.9 Å². The fraction of sp³-hybridized carbons (Fsp3) is 0.857. The van der Waals surface area contributed by atoms with Crippen LogP contribution in [0.25, 0.3) is 0 Å². The zero-order valence-electron chi connectivity index (χ0n) is 11.7. The predicted octanol–water partition coefficient (Wildman–Crippen LogP) is 3.23. The number of rotatable bonds is 11. The van der Waals surface area contributed by atoms with Crippen LogP contribution in [0.4, 0.5) is 0 Å². The van der Waals surface area contributed by atoms with Crippen LogP contribution in [0.3, 0.4) is 0 Å². The van der Waals surface area contributed by atoms with Crippen molar-refractivity contribution in [3.63, 3.8) is 0 Å². The Bertz CT molecular complexity index is 202. The lowest BCUT2D eigenvalue weighted by atomic mass is 10.2. The molecular formula is C14H26O4. The van der Waals surface area contributed by atoms with E-state index < -0.39 is 0 Å². The first kappa shape index (κ1) is 16.9. The summed E-state index contributed by atoms with van der Waals surface area (Å²) >= 11 is 0. The van der Waals surface area contributed by atoms with Gasteiger partial charge < -0.3 is 9.47 Å². The molecule has 0 radical (unpaired) electrons. The second-order valence-corrected chi connectivity index (χ2v) is 4.36. The molecule has 0 amide bonds. The summed E-state index contributed by atoms with van der Waals surface area (Å²) in [5.74, 6) is -0.617. The molecule has 0 spiro atoms. The van der Waals surface area contributed by atoms with Crippen LogP contribution < -0.4 is 0 Å². The van der Waals surface area contributed by atoms with E-state index in [0.29, 0.717) is 13.2 Å². The maximum absolute atomic E-state index is 11.3. The molecule has 0 aromatic carbocycles. The largest absolute Gasteiger partial charge is 0.466 e. The van der Waals surface area contributed by atoms with Gasteiger partial charge in [0.25, 0.3) is 0 Å². The number of carbonyl (C=O) groups excluding carboxylic acids is 2. The van der Waals surface area contributed by atoms with Crippen LogP contribution >= 0.6 is 0 Å². The van der Waals surface area contributed by atoms with Crippen molar-refractivity contribution in [1.29, 1.82) is 0 Å². The third kappa shape index (κ3) is 11.4. The summed E-state index contributed by atoms with van der Waals surface area (Å²) in [7, 11) is 0. The molecule has 0 rings (SSSR count). The normalized spacial score (nSPS) is 10.1. The molecular weight excluding hydrogens is 232 g/mol. The summed E-state index contributed by atoms with van der Waals surface area (Å²) in [6, 6.07) is 0. The molecule has 0 atom stereocenters. The number of unbranched alkanes of at least 4 members (excludes halogenated alkanes) is 4. The van der Waals surface area contributed by atoms with Gasteiger partial charge in [0.05, 0.1) is 26.1 Å². The van der Waals surface area contributed by atoms with Gasteiger partial charge in [-0.05, 0) is 12.8 Å². The van der Waals surface area contributed by atoms with Crippen LogP contribution in [-0.4, -0.2) is 25.2 Å². The first-order valence-corrected chi connectivity index (χ1v) is 7.02. The molecule has 0 saturated heterocycles. The van der Waals surface area contributed by atoms with E-state index in [0.717, 1.165) is 38.5 Å². The highest BCUT2D eigenvalue weighted by molar-refractivity contribution is 5.77. The van der Waals surface area contributed by atoms with Crippen molar-refractivity contribution in [2.24, 2.45) is 0 Å². The lowest BCUT2D eigenvalue weighted by Gasteiger charge is -2.05. The van der Waals surface area contributed by atoms with Crippen molar-refractivity contribution < 1.29 is 19.1 Å². The van der Waals surface area contributed by atoms with Crippen molar-refractivity contribution in [3.05, 3.63) is 0 Å². The summed E-state index contributed by atoms with van der Waals surface area (Å²) in [5, 5.41) is 0. The molecule has 0 aromatic heterocycles. The standard InChI is InChI=1S/C14H26O4/c1-3-5-7-11-17-13(15)9-10-14(16)18-12-8-6-4-2/h3-12H2,1-2H3. The van der Waals surface area contributed by atoms with Gasteiger partial charge in [0.1, 0.15) is 0 Å². The molecule has 0 saturated carbocycles. The van der Waals surface area contributed by atoms with Gasteiger partial charge in [-0.2, -0.15) is 0 Å². The summed E-state index contributed by atoms with van der Waals surface area (Å²) in [6.07, 6.45) is 6.35. The number of carbonyl (C=O) groups is 2. The van der Waals surface area contributed by atoms with E-state index in [4.69, 9.17) is 9.47 Å². The quantitative estimate of drug-likeness (QED) is 0.422. The topological polar surface area (TPSA) is 52.6 Å². The zero-order valence-corrected chi connectivity index (χ0v) is 11.7. The van der Waals surface area contributed by atoms with Crippen molar-refractivity contribution in [2.45, 2.75) is 65.2 Å². The first-order chi connectivity index (χ1) is 8.70. The number of hydrogen-bond acceptors (Lipinski definition) is 4. The summed E-state index contributed by atoms with van der Waals surface area (Å²) in [5.41, 5.74) is 0. The van der Waals surface area contributed by atoms with Gasteiger partial charge in [-0.25, -0.2) is 0 Å². The molecule has 0 aliphatic carbocycles. The van der Waals surface area contributed by atoms with Crippen LogP contribution in [0.5, 0.6) is 0 Å². The van der Waals surface area contributed by atoms with E-state index in [1.165, 1.54) is 0 Å². The summed E-state index contributed by atoms with van der Waals surface area (Å²) < 4.78 is 9.98. The molecule has 0 aromatic rings. The number of ether oxygens (including phenoxy) is 2. The highest BCUT2D eigenvalue weighted by atomic mass is 16.5. The smallest absolute Gasteiger partial charge is 0.306 e. The van der Waals surface area contributed by atoms with E-state index in [9.17, 15) is 9.59 Å². The molecule has 0 fully saturated rings. The van der Waals surface area contributed by atoms with E-state index in [2.05, 4.69) is 13.8 Å². The molecule has 4 heteroatoms. The highest BCUT2D eigenvalue weighted by Gasteiger charge is 2.08. The maximum Gasteiger partial charge on any atom is 0.306 e. The highest BCUT2D eigenvalue weighted by Crippen LogP contribution is 2.01. The molecule has 106 valence electrons. The molecule has 0 aliphatic heterocycles. The van der Waals surface area contributed by atoms with Crippen LogP contribution in [0.2, 0.25) is 0 Å². The van der Waals surface area contributed by atoms with Gasteiger partial charge in [-0.3, -0.25) is 9.59 Å². The van der Waals surface area contributed by atoms with Crippen molar-refractivity contribution in [1.82, 2.24) is 0 Å². The summed E-state index contributed by atoms with van der Waals surface area (Å²) in [4.78, 5) is 22.5. The molecule has 0 N–H and O–H groups in total. The minimum absolute atomic E-state index is 0.124. The SMILES string of the molecule is CCCCCOC(=O)CCC(=O)OCCCCC. The van der Waals surface area contributed by atoms with E-state index in [1.807, 2.05) is 0 Å². The number of hydrogen-bond donors (Lipinski definition) is 0. The monoisotopic (exact) mass is 258 g/mol. The minimum Gasteiger partial charge on any atom is -0.466 e. The first-order valence-electron chi connectivity index (χ1n) is 7.02. The minimum atomic E-state index is -0.309. The second-order valence-electron chi connectivity index (χ2n) is 4.36. The summed E-state index contributed by atoms with van der Waals surface area (Å²) in [6.45, 7) is 5.10. The van der Waals surface area contributed by atoms with Crippen LogP contribution in [0.1, 0.15) is 65.2 Å². The second kappa shape index (κ2) is 12.4. The van der Waals surface area contributed by atoms with Gasteiger partial charge in [0.15, 0.2) is 0 Å². The van der Waals surface area contributed by atoms with Gasteiger partial charge in [-0.1, -0.05) is 39.5 Å². The Hall–Kier alpha value is -1.06. The molecule has 0 aliphatic rings. The Labute approximate surface area is 110 Å². The lowest BCUT2D eigenvalue weighted by Crippen LogP contribution is -2.11. The van der Waals surface area contributed by atoms with Gasteiger partial charge in [0.2, 0.25) is 0 Å². The Morgan fingerprint density at radius 3 is 1.44 bits per heavy atom. The van der Waals surface area contributed by atoms with Gasteiger partial charge >= 0.3 is 11.9 Å². The Morgan fingerprint density at radius 1 is 0.722 bits per heavy atom. The van der Waals surface area contributed by atoms with Crippen molar-refractivity contribution in [2.75, 3.05) is 13.2 Å². The van der Waals surface area contributed by atoms with E-state index >= 15 is 0 Å². The van der Waals surface area contributed by atoms with Crippen LogP contribution in [-0.2, 0) is 19.1 Å². The molecule has 0 unspecified atom stereocenters. The average molecular weight is 258 g/mol. The van der Waals surface area contributed by atoms with E-state index in [1.54, 1.807) is 0 Å². The van der Waals surface area contributed by atoms with E-state index in [-0.39, 0.29) is 24.8 Å². The Kier molecular flexibility index (Phi) is 11.7. The fourth-order valence-electron chi connectivity index (χ4n) is 1.42. The van der Waals surface area contributed by atoms with Crippen LogP contribution in [0, 0.1) is 0 Å². The van der Waals surface area contributed by atoms with Gasteiger partial charge in [-0.15, -0.1) is 0 Å². The third-order valence-electron chi connectivity index (χ3n) is 2.56. The fourth-order valence-corrected chi connectivity index (χ4v) is 1.42. The van der Waals surface area contributed by atoms with Gasteiger partial charge in [0, 0.05) is 0 Å². The molecule has 0 heterocycles. The third-order valence-corrected chi connectivity index (χ3v) is 2.56. The molecule has 0 bridgehead atoms. The molecule has 18 heavy (non-hydrogen) atoms. The predicted molar refractivity (Wildman–Crippen MR) is 70.2 cm³/mol. The maximum atomic E-state index is 11.3. The zero-order chi connectivity index (χ0) is 13.6. The Morgan fingerprint density at radius 2 is 1.11 bits per heavy atom. The molecule has 4 nitrogen and oxygen atoms in total. The van der Waals surface area contributed by atoms with Crippen molar-refractivity contribution in [3.8, 4) is 0 Å². The average Bonchev–Trinajstić information content (AvgIpc) is 2.37. The van der Waals surface area contributed by atoms with Crippen LogP contribution in [0.15, 0.2) is 0 Å².